The molecule has 0 aromatic heterocycles. The van der Waals surface area contributed by atoms with E-state index in [0.717, 1.165) is 36.5 Å². The van der Waals surface area contributed by atoms with Crippen molar-refractivity contribution in [2.75, 3.05) is 26.7 Å². The largest absolute Gasteiger partial charge is 0.496 e. The second-order valence-corrected chi connectivity index (χ2v) is 6.38. The molecule has 1 N–H and O–H groups in total. The summed E-state index contributed by atoms with van der Waals surface area (Å²) in [4.78, 5) is 12.8. The molecule has 6 nitrogen and oxygen atoms in total. The third-order valence-corrected chi connectivity index (χ3v) is 4.75. The van der Waals surface area contributed by atoms with E-state index in [9.17, 15) is 10.1 Å². The Kier molecular flexibility index (Phi) is 5.53. The maximum Gasteiger partial charge on any atom is 0.287 e. The highest BCUT2D eigenvalue weighted by molar-refractivity contribution is 6.32. The van der Waals surface area contributed by atoms with Crippen molar-refractivity contribution in [1.82, 2.24) is 10.2 Å². The average molecular weight is 362 g/mol. The lowest BCUT2D eigenvalue weighted by Crippen LogP contribution is -2.45. The van der Waals surface area contributed by atoms with Crippen LogP contribution in [0.5, 0.6) is 5.75 Å². The molecule has 132 valence electrons. The quantitative estimate of drug-likeness (QED) is 0.653. The number of hydrogen-bond acceptors (Lipinski definition) is 5. The second kappa shape index (κ2) is 7.82. The van der Waals surface area contributed by atoms with Crippen LogP contribution < -0.4 is 10.1 Å². The summed E-state index contributed by atoms with van der Waals surface area (Å²) in [5.41, 5.74) is 2.02. The fraction of sp³-hybridized carbons (Fsp3) is 0.333. The highest BCUT2D eigenvalue weighted by Crippen LogP contribution is 2.32. The first kappa shape index (κ1) is 17.7. The molecule has 0 saturated carbocycles. The molecule has 0 bridgehead atoms. The number of nitrogens with zero attached hydrogens (tertiary/aromatic N) is 2. The number of nitro benzene ring substituents is 1. The molecule has 2 aromatic carbocycles. The molecule has 0 spiro atoms. The molecule has 0 amide bonds. The van der Waals surface area contributed by atoms with Gasteiger partial charge >= 0.3 is 0 Å². The van der Waals surface area contributed by atoms with E-state index >= 15 is 0 Å². The Bertz CT molecular complexity index is 769. The predicted octanol–water partition coefficient (Wildman–Crippen LogP) is 3.40. The molecule has 1 aliphatic heterocycles. The number of nitrogens with one attached hydrogen (secondary N) is 1. The molecule has 0 radical (unpaired) electrons. The maximum atomic E-state index is 10.9. The van der Waals surface area contributed by atoms with Crippen LogP contribution in [0, 0.1) is 10.1 Å². The van der Waals surface area contributed by atoms with Gasteiger partial charge in [0.25, 0.3) is 5.69 Å². The van der Waals surface area contributed by atoms with Crippen molar-refractivity contribution < 1.29 is 9.66 Å². The molecular formula is C18H20ClN3O3. The van der Waals surface area contributed by atoms with Gasteiger partial charge < -0.3 is 10.1 Å². The van der Waals surface area contributed by atoms with E-state index in [1.165, 1.54) is 6.07 Å². The number of hydrogen-bond donors (Lipinski definition) is 1. The molecule has 0 aliphatic carbocycles. The van der Waals surface area contributed by atoms with E-state index in [2.05, 4.69) is 16.3 Å². The lowest BCUT2D eigenvalue weighted by Gasteiger charge is -2.37. The summed E-state index contributed by atoms with van der Waals surface area (Å²) in [6, 6.07) is 13.1. The highest BCUT2D eigenvalue weighted by Gasteiger charge is 2.26. The molecule has 2 aromatic rings. The molecule has 1 saturated heterocycles. The highest BCUT2D eigenvalue weighted by atomic mass is 35.5. The van der Waals surface area contributed by atoms with E-state index in [1.807, 2.05) is 18.2 Å². The number of rotatable bonds is 5. The Morgan fingerprint density at radius 1 is 1.36 bits per heavy atom. The summed E-state index contributed by atoms with van der Waals surface area (Å²) in [6.45, 7) is 3.26. The van der Waals surface area contributed by atoms with E-state index < -0.39 is 4.92 Å². The first-order valence-electron chi connectivity index (χ1n) is 8.10. The van der Waals surface area contributed by atoms with Gasteiger partial charge in [0.05, 0.1) is 18.1 Å². The van der Waals surface area contributed by atoms with Crippen LogP contribution in [0.15, 0.2) is 42.5 Å². The number of halogens is 1. The van der Waals surface area contributed by atoms with Crippen molar-refractivity contribution >= 4 is 17.3 Å². The molecule has 1 unspecified atom stereocenters. The standard InChI is InChI=1S/C18H20ClN3O3/c1-25-18-5-3-2-4-14(18)17-11-20-8-9-21(17)12-13-6-7-16(22(23)24)15(19)10-13/h2-7,10,17,20H,8-9,11-12H2,1H3. The van der Waals surface area contributed by atoms with E-state index in [4.69, 9.17) is 16.3 Å². The topological polar surface area (TPSA) is 67.6 Å². The molecule has 1 atom stereocenters. The van der Waals surface area contributed by atoms with Crippen molar-refractivity contribution in [2.24, 2.45) is 0 Å². The van der Waals surface area contributed by atoms with Crippen LogP contribution in [-0.4, -0.2) is 36.6 Å². The predicted molar refractivity (Wildman–Crippen MR) is 97.1 cm³/mol. The van der Waals surface area contributed by atoms with Gasteiger partial charge in [0, 0.05) is 37.8 Å². The van der Waals surface area contributed by atoms with Gasteiger partial charge in [-0.25, -0.2) is 0 Å². The van der Waals surface area contributed by atoms with Crippen LogP contribution in [0.4, 0.5) is 5.69 Å². The molecular weight excluding hydrogens is 342 g/mol. The molecule has 7 heteroatoms. The maximum absolute atomic E-state index is 10.9. The minimum Gasteiger partial charge on any atom is -0.496 e. The summed E-state index contributed by atoms with van der Waals surface area (Å²) in [5.74, 6) is 0.864. The van der Waals surface area contributed by atoms with Gasteiger partial charge in [0.1, 0.15) is 10.8 Å². The molecule has 3 rings (SSSR count). The van der Waals surface area contributed by atoms with Gasteiger partial charge in [0.15, 0.2) is 0 Å². The minimum atomic E-state index is -0.464. The van der Waals surface area contributed by atoms with Gasteiger partial charge in [0.2, 0.25) is 0 Å². The Balaban J connectivity index is 1.84. The number of methoxy groups -OCH3 is 1. The Labute approximate surface area is 151 Å². The zero-order valence-corrected chi connectivity index (χ0v) is 14.7. The number of nitro groups is 1. The number of piperazine rings is 1. The van der Waals surface area contributed by atoms with Crippen LogP contribution in [0.3, 0.4) is 0 Å². The minimum absolute atomic E-state index is 0.0630. The number of benzene rings is 2. The van der Waals surface area contributed by atoms with Crippen molar-refractivity contribution in [1.29, 1.82) is 0 Å². The number of ether oxygens (including phenoxy) is 1. The van der Waals surface area contributed by atoms with Crippen LogP contribution in [0.1, 0.15) is 17.2 Å². The van der Waals surface area contributed by atoms with Gasteiger partial charge in [-0.3, -0.25) is 15.0 Å². The van der Waals surface area contributed by atoms with E-state index in [0.29, 0.717) is 6.54 Å². The lowest BCUT2D eigenvalue weighted by atomic mass is 10.0. The van der Waals surface area contributed by atoms with Crippen molar-refractivity contribution in [3.05, 3.63) is 68.7 Å². The van der Waals surface area contributed by atoms with E-state index in [-0.39, 0.29) is 16.8 Å². The van der Waals surface area contributed by atoms with E-state index in [1.54, 1.807) is 19.2 Å². The van der Waals surface area contributed by atoms with Crippen molar-refractivity contribution in [3.8, 4) is 5.75 Å². The normalized spacial score (nSPS) is 18.1. The SMILES string of the molecule is COc1ccccc1C1CNCCN1Cc1ccc([N+](=O)[O-])c(Cl)c1. The van der Waals surface area contributed by atoms with Crippen molar-refractivity contribution in [3.63, 3.8) is 0 Å². The first-order chi connectivity index (χ1) is 12.1. The van der Waals surface area contributed by atoms with Crippen LogP contribution in [0.25, 0.3) is 0 Å². The van der Waals surface area contributed by atoms with Crippen LogP contribution >= 0.6 is 11.6 Å². The summed E-state index contributed by atoms with van der Waals surface area (Å²) < 4.78 is 5.51. The summed E-state index contributed by atoms with van der Waals surface area (Å²) in [7, 11) is 1.68. The van der Waals surface area contributed by atoms with Crippen LogP contribution in [0.2, 0.25) is 5.02 Å². The average Bonchev–Trinajstić information content (AvgIpc) is 2.62. The zero-order chi connectivity index (χ0) is 17.8. The van der Waals surface area contributed by atoms with Gasteiger partial charge in [-0.1, -0.05) is 35.9 Å². The van der Waals surface area contributed by atoms with Gasteiger partial charge in [-0.05, 0) is 17.7 Å². The lowest BCUT2D eigenvalue weighted by molar-refractivity contribution is -0.384. The first-order valence-corrected chi connectivity index (χ1v) is 8.48. The van der Waals surface area contributed by atoms with Gasteiger partial charge in [-0.15, -0.1) is 0 Å². The summed E-state index contributed by atoms with van der Waals surface area (Å²) in [6.07, 6.45) is 0. The van der Waals surface area contributed by atoms with Crippen molar-refractivity contribution in [2.45, 2.75) is 12.6 Å². The van der Waals surface area contributed by atoms with Gasteiger partial charge in [-0.2, -0.15) is 0 Å². The Morgan fingerprint density at radius 2 is 2.16 bits per heavy atom. The summed E-state index contributed by atoms with van der Waals surface area (Å²) >= 11 is 6.05. The fourth-order valence-electron chi connectivity index (χ4n) is 3.22. The fourth-order valence-corrected chi connectivity index (χ4v) is 3.49. The monoisotopic (exact) mass is 361 g/mol. The summed E-state index contributed by atoms with van der Waals surface area (Å²) in [5, 5.41) is 14.5. The second-order valence-electron chi connectivity index (χ2n) is 5.98. The smallest absolute Gasteiger partial charge is 0.287 e. The molecule has 25 heavy (non-hydrogen) atoms. The number of para-hydroxylation sites is 1. The molecule has 1 heterocycles. The third kappa shape index (κ3) is 3.92. The third-order valence-electron chi connectivity index (χ3n) is 4.45. The Morgan fingerprint density at radius 3 is 2.88 bits per heavy atom. The molecule has 1 aliphatic rings. The Hall–Kier alpha value is -2.15. The molecule has 1 fully saturated rings. The zero-order valence-electron chi connectivity index (χ0n) is 13.9. The van der Waals surface area contributed by atoms with Crippen LogP contribution in [-0.2, 0) is 6.54 Å².